The van der Waals surface area contributed by atoms with E-state index in [4.69, 9.17) is 11.0 Å². The summed E-state index contributed by atoms with van der Waals surface area (Å²) in [6.07, 6.45) is -2.72. The van der Waals surface area contributed by atoms with Crippen LogP contribution in [-0.4, -0.2) is 16.3 Å². The third-order valence-electron chi connectivity index (χ3n) is 2.03. The van der Waals surface area contributed by atoms with Crippen LogP contribution in [-0.2, 0) is 0 Å². The zero-order valence-corrected chi connectivity index (χ0v) is 7.89. The molecule has 0 spiro atoms. The summed E-state index contributed by atoms with van der Waals surface area (Å²) in [5.74, 6) is -0.657. The van der Waals surface area contributed by atoms with Gasteiger partial charge >= 0.3 is 0 Å². The first-order valence-electron chi connectivity index (χ1n) is 4.34. The summed E-state index contributed by atoms with van der Waals surface area (Å²) in [5.41, 5.74) is 5.42. The van der Waals surface area contributed by atoms with E-state index in [9.17, 15) is 14.6 Å². The molecule has 0 saturated carbocycles. The number of aliphatic hydroxyl groups is 2. The lowest BCUT2D eigenvalue weighted by molar-refractivity contribution is 0.0215. The first-order valence-corrected chi connectivity index (χ1v) is 4.34. The summed E-state index contributed by atoms with van der Waals surface area (Å²) in [6.45, 7) is 0. The monoisotopic (exact) mass is 210 g/mol. The van der Waals surface area contributed by atoms with Crippen LogP contribution in [0.25, 0.3) is 0 Å². The maximum absolute atomic E-state index is 13.0. The largest absolute Gasteiger partial charge is 0.396 e. The number of aliphatic hydroxyl groups excluding tert-OH is 2. The number of nitriles is 1. The Kier molecular flexibility index (Phi) is 3.61. The van der Waals surface area contributed by atoms with Crippen molar-refractivity contribution in [2.45, 2.75) is 18.6 Å². The highest BCUT2D eigenvalue weighted by Crippen LogP contribution is 2.21. The van der Waals surface area contributed by atoms with Gasteiger partial charge < -0.3 is 15.9 Å². The van der Waals surface area contributed by atoms with Gasteiger partial charge in [-0.3, -0.25) is 0 Å². The smallest absolute Gasteiger partial charge is 0.146 e. The number of benzene rings is 1. The average Bonchev–Trinajstić information content (AvgIpc) is 2.21. The third kappa shape index (κ3) is 2.65. The Bertz CT molecular complexity index is 389. The fraction of sp³-hybridized carbons (Fsp3) is 0.300. The number of nitrogen functional groups attached to an aromatic ring is 1. The fourth-order valence-corrected chi connectivity index (χ4v) is 1.15. The summed E-state index contributed by atoms with van der Waals surface area (Å²) < 4.78 is 13.0. The number of hydrogen-bond acceptors (Lipinski definition) is 4. The van der Waals surface area contributed by atoms with E-state index in [1.54, 1.807) is 6.07 Å². The van der Waals surface area contributed by atoms with E-state index in [-0.39, 0.29) is 17.7 Å². The zero-order chi connectivity index (χ0) is 11.4. The molecule has 0 aromatic heterocycles. The molecule has 0 radical (unpaired) electrons. The van der Waals surface area contributed by atoms with Crippen LogP contribution in [0.4, 0.5) is 10.1 Å². The van der Waals surface area contributed by atoms with E-state index in [0.717, 1.165) is 6.07 Å². The minimum absolute atomic E-state index is 0.0271. The molecule has 0 bridgehead atoms. The highest BCUT2D eigenvalue weighted by molar-refractivity contribution is 5.41. The standard InChI is InChI=1S/C10H11FN2O2/c11-7-5-6(1-2-8(7)13)10(15)9(14)3-4-12/h1-2,5,9-10,14-15H,3,13H2. The highest BCUT2D eigenvalue weighted by Gasteiger charge is 2.18. The zero-order valence-electron chi connectivity index (χ0n) is 7.89. The van der Waals surface area contributed by atoms with Gasteiger partial charge in [0.05, 0.1) is 24.3 Å². The first kappa shape index (κ1) is 11.4. The van der Waals surface area contributed by atoms with Crippen LogP contribution in [0.5, 0.6) is 0 Å². The van der Waals surface area contributed by atoms with Crippen molar-refractivity contribution in [3.8, 4) is 6.07 Å². The van der Waals surface area contributed by atoms with Crippen molar-refractivity contribution in [1.82, 2.24) is 0 Å². The average molecular weight is 210 g/mol. The highest BCUT2D eigenvalue weighted by atomic mass is 19.1. The number of nitrogens with two attached hydrogens (primary N) is 1. The number of halogens is 1. The van der Waals surface area contributed by atoms with E-state index < -0.39 is 18.0 Å². The van der Waals surface area contributed by atoms with Crippen molar-refractivity contribution >= 4 is 5.69 Å². The van der Waals surface area contributed by atoms with Crippen LogP contribution in [0.15, 0.2) is 18.2 Å². The second kappa shape index (κ2) is 4.73. The minimum Gasteiger partial charge on any atom is -0.396 e. The summed E-state index contributed by atoms with van der Waals surface area (Å²) >= 11 is 0. The maximum atomic E-state index is 13.0. The van der Waals surface area contributed by atoms with Gasteiger partial charge in [0, 0.05) is 0 Å². The van der Waals surface area contributed by atoms with E-state index in [2.05, 4.69) is 0 Å². The Morgan fingerprint density at radius 2 is 2.13 bits per heavy atom. The van der Waals surface area contributed by atoms with Gasteiger partial charge in [-0.25, -0.2) is 4.39 Å². The Morgan fingerprint density at radius 3 is 2.67 bits per heavy atom. The van der Waals surface area contributed by atoms with Crippen LogP contribution >= 0.6 is 0 Å². The number of anilines is 1. The molecule has 1 aromatic rings. The number of nitrogens with zero attached hydrogens (tertiary/aromatic N) is 1. The first-order chi connectivity index (χ1) is 7.06. The van der Waals surface area contributed by atoms with Crippen molar-refractivity contribution in [2.75, 3.05) is 5.73 Å². The van der Waals surface area contributed by atoms with Crippen LogP contribution < -0.4 is 5.73 Å². The molecule has 2 unspecified atom stereocenters. The molecule has 15 heavy (non-hydrogen) atoms. The molecule has 0 amide bonds. The molecule has 0 aliphatic carbocycles. The number of rotatable bonds is 3. The van der Waals surface area contributed by atoms with Crippen LogP contribution in [0, 0.1) is 17.1 Å². The van der Waals surface area contributed by atoms with Crippen LogP contribution in [0.2, 0.25) is 0 Å². The molecule has 2 atom stereocenters. The predicted octanol–water partition coefficient (Wildman–Crippen LogP) is 0.716. The SMILES string of the molecule is N#CCC(O)C(O)c1ccc(N)c(F)c1. The van der Waals surface area contributed by atoms with Crippen molar-refractivity contribution in [2.24, 2.45) is 0 Å². The van der Waals surface area contributed by atoms with Gasteiger partial charge in [0.1, 0.15) is 11.9 Å². The summed E-state index contributed by atoms with van der Waals surface area (Å²) in [4.78, 5) is 0. The van der Waals surface area contributed by atoms with Gasteiger partial charge in [-0.2, -0.15) is 5.26 Å². The summed E-state index contributed by atoms with van der Waals surface area (Å²) in [7, 11) is 0. The lowest BCUT2D eigenvalue weighted by Gasteiger charge is -2.15. The molecule has 1 rings (SSSR count). The molecule has 0 aliphatic heterocycles. The van der Waals surface area contributed by atoms with Gasteiger partial charge in [0.25, 0.3) is 0 Å². The third-order valence-corrected chi connectivity index (χ3v) is 2.03. The fourth-order valence-electron chi connectivity index (χ4n) is 1.15. The van der Waals surface area contributed by atoms with Gasteiger partial charge in [-0.15, -0.1) is 0 Å². The second-order valence-electron chi connectivity index (χ2n) is 3.16. The molecular weight excluding hydrogens is 199 g/mol. The van der Waals surface area contributed by atoms with Gasteiger partial charge in [-0.1, -0.05) is 6.07 Å². The van der Waals surface area contributed by atoms with Gasteiger partial charge in [-0.05, 0) is 17.7 Å². The van der Waals surface area contributed by atoms with Gasteiger partial charge in [0.2, 0.25) is 0 Å². The molecule has 0 aliphatic rings. The normalized spacial score (nSPS) is 14.3. The maximum Gasteiger partial charge on any atom is 0.146 e. The topological polar surface area (TPSA) is 90.3 Å². The van der Waals surface area contributed by atoms with Crippen molar-refractivity contribution in [3.05, 3.63) is 29.6 Å². The van der Waals surface area contributed by atoms with Crippen LogP contribution in [0.3, 0.4) is 0 Å². The molecule has 4 N–H and O–H groups in total. The van der Waals surface area contributed by atoms with E-state index in [1.165, 1.54) is 12.1 Å². The molecule has 1 aromatic carbocycles. The predicted molar refractivity (Wildman–Crippen MR) is 52.0 cm³/mol. The van der Waals surface area contributed by atoms with E-state index in [1.807, 2.05) is 0 Å². The Hall–Kier alpha value is -1.64. The van der Waals surface area contributed by atoms with Crippen molar-refractivity contribution in [1.29, 1.82) is 5.26 Å². The Morgan fingerprint density at radius 1 is 1.47 bits per heavy atom. The molecule has 0 saturated heterocycles. The molecule has 5 heteroatoms. The Labute approximate surface area is 86.4 Å². The second-order valence-corrected chi connectivity index (χ2v) is 3.16. The van der Waals surface area contributed by atoms with E-state index >= 15 is 0 Å². The minimum atomic E-state index is -1.28. The van der Waals surface area contributed by atoms with Crippen molar-refractivity contribution in [3.63, 3.8) is 0 Å². The molecule has 80 valence electrons. The van der Waals surface area contributed by atoms with Crippen LogP contribution in [0.1, 0.15) is 18.1 Å². The summed E-state index contributed by atoms with van der Waals surface area (Å²) in [6, 6.07) is 5.46. The molecule has 0 fully saturated rings. The summed E-state index contributed by atoms with van der Waals surface area (Å²) in [5, 5.41) is 27.1. The lowest BCUT2D eigenvalue weighted by Crippen LogP contribution is -2.17. The lowest BCUT2D eigenvalue weighted by atomic mass is 10.0. The Balaban J connectivity index is 2.87. The molecular formula is C10H11FN2O2. The number of hydrogen-bond donors (Lipinski definition) is 3. The van der Waals surface area contributed by atoms with Gasteiger partial charge in [0.15, 0.2) is 0 Å². The molecule has 0 heterocycles. The quantitative estimate of drug-likeness (QED) is 0.641. The van der Waals surface area contributed by atoms with E-state index in [0.29, 0.717) is 0 Å². The van der Waals surface area contributed by atoms with Crippen molar-refractivity contribution < 1.29 is 14.6 Å². The molecule has 4 nitrogen and oxygen atoms in total.